The highest BCUT2D eigenvalue weighted by atomic mass is 16.5. The van der Waals surface area contributed by atoms with Gasteiger partial charge in [0.2, 0.25) is 0 Å². The molecule has 0 atom stereocenters. The van der Waals surface area contributed by atoms with Gasteiger partial charge in [0.15, 0.2) is 5.96 Å². The summed E-state index contributed by atoms with van der Waals surface area (Å²) in [7, 11) is 1.80. The average Bonchev–Trinajstić information content (AvgIpc) is 3.05. The summed E-state index contributed by atoms with van der Waals surface area (Å²) in [5, 5.41) is 6.56. The van der Waals surface area contributed by atoms with Crippen LogP contribution in [0.5, 0.6) is 0 Å². The fourth-order valence-electron chi connectivity index (χ4n) is 1.21. The first kappa shape index (κ1) is 12.3. The van der Waals surface area contributed by atoms with E-state index in [1.54, 1.807) is 7.05 Å². The van der Waals surface area contributed by atoms with Crippen molar-refractivity contribution in [3.8, 4) is 0 Å². The van der Waals surface area contributed by atoms with Gasteiger partial charge >= 0.3 is 0 Å². The van der Waals surface area contributed by atoms with E-state index in [0.717, 1.165) is 32.1 Å². The monoisotopic (exact) mass is 213 g/mol. The Bertz CT molecular complexity index is 190. The largest absolute Gasteiger partial charge is 0.380 e. The predicted molar refractivity (Wildman–Crippen MR) is 63.2 cm³/mol. The summed E-state index contributed by atoms with van der Waals surface area (Å²) in [5.41, 5.74) is 0. The third kappa shape index (κ3) is 6.33. The molecule has 0 radical (unpaired) electrons. The highest BCUT2D eigenvalue weighted by Crippen LogP contribution is 2.18. The van der Waals surface area contributed by atoms with Crippen LogP contribution < -0.4 is 10.6 Å². The quantitative estimate of drug-likeness (QED) is 0.378. The van der Waals surface area contributed by atoms with Crippen LogP contribution in [0.15, 0.2) is 4.99 Å². The Morgan fingerprint density at radius 3 is 2.80 bits per heavy atom. The molecule has 15 heavy (non-hydrogen) atoms. The Labute approximate surface area is 92.5 Å². The van der Waals surface area contributed by atoms with Crippen LogP contribution in [0, 0.1) is 0 Å². The molecule has 0 aromatic heterocycles. The summed E-state index contributed by atoms with van der Waals surface area (Å²) < 4.78 is 5.44. The first-order valence-corrected chi connectivity index (χ1v) is 5.91. The Kier molecular flexibility index (Phi) is 6.16. The number of ether oxygens (including phenoxy) is 1. The molecule has 1 rings (SSSR count). The first-order chi connectivity index (χ1) is 7.36. The minimum Gasteiger partial charge on any atom is -0.380 e. The van der Waals surface area contributed by atoms with E-state index in [2.05, 4.69) is 22.5 Å². The number of hydrogen-bond acceptors (Lipinski definition) is 2. The van der Waals surface area contributed by atoms with Crippen LogP contribution in [-0.4, -0.2) is 38.8 Å². The molecule has 1 aliphatic carbocycles. The topological polar surface area (TPSA) is 45.6 Å². The number of guanidine groups is 1. The van der Waals surface area contributed by atoms with Crippen LogP contribution in [0.2, 0.25) is 0 Å². The molecule has 0 spiro atoms. The number of aliphatic imine (C=N–C) groups is 1. The van der Waals surface area contributed by atoms with E-state index < -0.39 is 0 Å². The van der Waals surface area contributed by atoms with E-state index in [4.69, 9.17) is 4.74 Å². The van der Waals surface area contributed by atoms with Crippen LogP contribution in [0.3, 0.4) is 0 Å². The van der Waals surface area contributed by atoms with Crippen molar-refractivity contribution in [1.82, 2.24) is 10.6 Å². The van der Waals surface area contributed by atoms with Crippen molar-refractivity contribution in [1.29, 1.82) is 0 Å². The molecule has 88 valence electrons. The zero-order valence-corrected chi connectivity index (χ0v) is 9.88. The number of nitrogens with zero attached hydrogens (tertiary/aromatic N) is 1. The van der Waals surface area contributed by atoms with Gasteiger partial charge in [0.1, 0.15) is 0 Å². The summed E-state index contributed by atoms with van der Waals surface area (Å²) in [6.45, 7) is 4.62. The lowest BCUT2D eigenvalue weighted by molar-refractivity contribution is 0.136. The fraction of sp³-hybridized carbons (Fsp3) is 0.909. The molecule has 2 N–H and O–H groups in total. The number of rotatable bonds is 7. The van der Waals surface area contributed by atoms with E-state index >= 15 is 0 Å². The van der Waals surface area contributed by atoms with E-state index in [-0.39, 0.29) is 0 Å². The Balaban J connectivity index is 1.92. The van der Waals surface area contributed by atoms with Gasteiger partial charge in [-0.1, -0.05) is 13.3 Å². The normalized spacial score (nSPS) is 16.5. The molecule has 0 saturated heterocycles. The van der Waals surface area contributed by atoms with Gasteiger partial charge in [-0.2, -0.15) is 0 Å². The molecule has 0 aromatic carbocycles. The summed E-state index contributed by atoms with van der Waals surface area (Å²) in [4.78, 5) is 4.14. The third-order valence-corrected chi connectivity index (χ3v) is 2.32. The Hall–Kier alpha value is -0.770. The molecule has 4 nitrogen and oxygen atoms in total. The van der Waals surface area contributed by atoms with Gasteiger partial charge in [-0.3, -0.25) is 4.99 Å². The molecule has 0 aromatic rings. The standard InChI is InChI=1S/C11H23N3O/c1-3-4-8-15-9-7-13-11(12-2)14-10-5-6-10/h10H,3-9H2,1-2H3,(H2,12,13,14). The molecular formula is C11H23N3O. The Morgan fingerprint density at radius 2 is 2.20 bits per heavy atom. The second kappa shape index (κ2) is 7.51. The van der Waals surface area contributed by atoms with Crippen LogP contribution in [0.1, 0.15) is 32.6 Å². The van der Waals surface area contributed by atoms with E-state index in [1.165, 1.54) is 19.3 Å². The second-order valence-corrected chi connectivity index (χ2v) is 3.88. The third-order valence-electron chi connectivity index (χ3n) is 2.32. The predicted octanol–water partition coefficient (Wildman–Crippen LogP) is 1.13. The lowest BCUT2D eigenvalue weighted by Gasteiger charge is -2.10. The van der Waals surface area contributed by atoms with E-state index in [0.29, 0.717) is 6.04 Å². The van der Waals surface area contributed by atoms with Crippen molar-refractivity contribution in [3.63, 3.8) is 0 Å². The molecule has 1 fully saturated rings. The summed E-state index contributed by atoms with van der Waals surface area (Å²) >= 11 is 0. The molecule has 0 unspecified atom stereocenters. The van der Waals surface area contributed by atoms with E-state index in [9.17, 15) is 0 Å². The molecule has 0 aliphatic heterocycles. The van der Waals surface area contributed by atoms with Crippen molar-refractivity contribution < 1.29 is 4.74 Å². The lowest BCUT2D eigenvalue weighted by atomic mass is 10.4. The molecule has 0 amide bonds. The Morgan fingerprint density at radius 1 is 1.40 bits per heavy atom. The minimum atomic E-state index is 0.650. The number of nitrogens with one attached hydrogen (secondary N) is 2. The zero-order chi connectivity index (χ0) is 10.9. The SMILES string of the molecule is CCCCOCCNC(=NC)NC1CC1. The number of unbranched alkanes of at least 4 members (excludes halogenated alkanes) is 1. The van der Waals surface area contributed by atoms with Gasteiger partial charge in [0.05, 0.1) is 6.61 Å². The van der Waals surface area contributed by atoms with Gasteiger partial charge in [-0.05, 0) is 19.3 Å². The van der Waals surface area contributed by atoms with Gasteiger partial charge in [0, 0.05) is 26.2 Å². The van der Waals surface area contributed by atoms with Gasteiger partial charge < -0.3 is 15.4 Å². The maximum absolute atomic E-state index is 5.44. The molecule has 1 saturated carbocycles. The van der Waals surface area contributed by atoms with Gasteiger partial charge in [-0.15, -0.1) is 0 Å². The summed E-state index contributed by atoms with van der Waals surface area (Å²) in [6, 6.07) is 0.650. The van der Waals surface area contributed by atoms with Crippen LogP contribution >= 0.6 is 0 Å². The van der Waals surface area contributed by atoms with Crippen molar-refractivity contribution in [2.24, 2.45) is 4.99 Å². The summed E-state index contributed by atoms with van der Waals surface area (Å²) in [5.74, 6) is 0.900. The first-order valence-electron chi connectivity index (χ1n) is 5.91. The maximum atomic E-state index is 5.44. The van der Waals surface area contributed by atoms with Crippen molar-refractivity contribution >= 4 is 5.96 Å². The lowest BCUT2D eigenvalue weighted by Crippen LogP contribution is -2.40. The average molecular weight is 213 g/mol. The zero-order valence-electron chi connectivity index (χ0n) is 9.88. The van der Waals surface area contributed by atoms with Gasteiger partial charge in [0.25, 0.3) is 0 Å². The fourth-order valence-corrected chi connectivity index (χ4v) is 1.21. The van der Waals surface area contributed by atoms with Crippen molar-refractivity contribution in [2.75, 3.05) is 26.8 Å². The molecule has 4 heteroatoms. The molecule has 0 heterocycles. The van der Waals surface area contributed by atoms with Gasteiger partial charge in [-0.25, -0.2) is 0 Å². The molecular weight excluding hydrogens is 190 g/mol. The molecule has 0 bridgehead atoms. The maximum Gasteiger partial charge on any atom is 0.191 e. The highest BCUT2D eigenvalue weighted by molar-refractivity contribution is 5.80. The molecule has 1 aliphatic rings. The number of hydrogen-bond donors (Lipinski definition) is 2. The van der Waals surface area contributed by atoms with Crippen LogP contribution in [0.4, 0.5) is 0 Å². The smallest absolute Gasteiger partial charge is 0.191 e. The minimum absolute atomic E-state index is 0.650. The van der Waals surface area contributed by atoms with Crippen LogP contribution in [0.25, 0.3) is 0 Å². The second-order valence-electron chi connectivity index (χ2n) is 3.88. The van der Waals surface area contributed by atoms with Crippen LogP contribution in [-0.2, 0) is 4.74 Å². The van der Waals surface area contributed by atoms with Crippen molar-refractivity contribution in [2.45, 2.75) is 38.6 Å². The summed E-state index contributed by atoms with van der Waals surface area (Å²) in [6.07, 6.45) is 4.88. The van der Waals surface area contributed by atoms with Crippen molar-refractivity contribution in [3.05, 3.63) is 0 Å². The van der Waals surface area contributed by atoms with E-state index in [1.807, 2.05) is 0 Å². The highest BCUT2D eigenvalue weighted by Gasteiger charge is 2.21.